The van der Waals surface area contributed by atoms with Crippen molar-refractivity contribution in [3.8, 4) is 5.75 Å². The van der Waals surface area contributed by atoms with Crippen LogP contribution in [0, 0.1) is 15.9 Å². The summed E-state index contributed by atoms with van der Waals surface area (Å²) in [4.78, 5) is 22.6. The monoisotopic (exact) mass is 360 g/mol. The van der Waals surface area contributed by atoms with Crippen LogP contribution in [-0.2, 0) is 4.79 Å². The zero-order valence-electron chi connectivity index (χ0n) is 14.6. The molecule has 6 nitrogen and oxygen atoms in total. The minimum absolute atomic E-state index is 0.149. The topological polar surface area (TPSA) is 81.5 Å². The fourth-order valence-corrected chi connectivity index (χ4v) is 2.57. The molecule has 0 aliphatic rings. The van der Waals surface area contributed by atoms with E-state index in [1.165, 1.54) is 6.92 Å². The molecule has 0 aromatic heterocycles. The first kappa shape index (κ1) is 19.4. The third kappa shape index (κ3) is 5.02. The minimum atomic E-state index is -0.997. The summed E-state index contributed by atoms with van der Waals surface area (Å²) in [6.07, 6.45) is -0.154. The number of nitro benzene ring substituents is 1. The van der Waals surface area contributed by atoms with Crippen molar-refractivity contribution in [3.63, 3.8) is 0 Å². The first-order valence-corrected chi connectivity index (χ1v) is 8.35. The van der Waals surface area contributed by atoms with Crippen molar-refractivity contribution in [3.05, 3.63) is 70.0 Å². The van der Waals surface area contributed by atoms with Gasteiger partial charge in [-0.25, -0.2) is 4.39 Å². The van der Waals surface area contributed by atoms with Gasteiger partial charge in [-0.2, -0.15) is 0 Å². The van der Waals surface area contributed by atoms with E-state index >= 15 is 0 Å². The van der Waals surface area contributed by atoms with E-state index in [1.54, 1.807) is 0 Å². The van der Waals surface area contributed by atoms with Gasteiger partial charge in [-0.3, -0.25) is 14.9 Å². The van der Waals surface area contributed by atoms with Crippen LogP contribution < -0.4 is 10.1 Å². The van der Waals surface area contributed by atoms with E-state index in [2.05, 4.69) is 5.32 Å². The molecule has 26 heavy (non-hydrogen) atoms. The minimum Gasteiger partial charge on any atom is -0.474 e. The van der Waals surface area contributed by atoms with Gasteiger partial charge in [0.05, 0.1) is 4.92 Å². The molecular formula is C19H21FN2O4. The predicted molar refractivity (Wildman–Crippen MR) is 95.6 cm³/mol. The number of amides is 1. The van der Waals surface area contributed by atoms with E-state index < -0.39 is 22.8 Å². The Balaban J connectivity index is 2.00. The highest BCUT2D eigenvalue weighted by Crippen LogP contribution is 2.28. The van der Waals surface area contributed by atoms with Crippen LogP contribution in [0.3, 0.4) is 0 Å². The number of rotatable bonds is 8. The van der Waals surface area contributed by atoms with Crippen molar-refractivity contribution in [1.82, 2.24) is 5.32 Å². The molecule has 1 amide bonds. The highest BCUT2D eigenvalue weighted by Gasteiger charge is 2.22. The maximum Gasteiger partial charge on any atom is 0.311 e. The Morgan fingerprint density at radius 3 is 2.58 bits per heavy atom. The molecule has 0 aliphatic carbocycles. The second kappa shape index (κ2) is 8.94. The molecule has 0 bridgehead atoms. The number of hydrogen-bond acceptors (Lipinski definition) is 4. The number of carbonyl (C=O) groups excluding carboxylic acids is 1. The molecule has 0 unspecified atom stereocenters. The molecule has 0 radical (unpaired) electrons. The molecule has 0 aliphatic heterocycles. The summed E-state index contributed by atoms with van der Waals surface area (Å²) in [5, 5.41) is 13.8. The molecule has 0 heterocycles. The largest absolute Gasteiger partial charge is 0.474 e. The first-order valence-electron chi connectivity index (χ1n) is 8.35. The van der Waals surface area contributed by atoms with E-state index in [1.807, 2.05) is 37.3 Å². The van der Waals surface area contributed by atoms with Crippen molar-refractivity contribution < 1.29 is 18.8 Å². The van der Waals surface area contributed by atoms with Gasteiger partial charge in [0.25, 0.3) is 5.91 Å². The third-order valence-corrected chi connectivity index (χ3v) is 4.08. The summed E-state index contributed by atoms with van der Waals surface area (Å²) in [7, 11) is 0. The molecule has 2 rings (SSSR count). The number of hydrogen-bond donors (Lipinski definition) is 1. The van der Waals surface area contributed by atoms with E-state index in [9.17, 15) is 19.3 Å². The molecule has 2 aromatic carbocycles. The summed E-state index contributed by atoms with van der Waals surface area (Å²) in [5.41, 5.74) is 0.728. The SMILES string of the molecule is CC[C@H](CNC(=O)[C@H](C)Oc1cc(F)ccc1[N+](=O)[O-])c1ccccc1. The van der Waals surface area contributed by atoms with E-state index in [0.717, 1.165) is 30.2 Å². The highest BCUT2D eigenvalue weighted by atomic mass is 19.1. The fraction of sp³-hybridized carbons (Fsp3) is 0.316. The van der Waals surface area contributed by atoms with Gasteiger partial charge in [0.2, 0.25) is 5.75 Å². The summed E-state index contributed by atoms with van der Waals surface area (Å²) in [6, 6.07) is 12.7. The van der Waals surface area contributed by atoms with Crippen molar-refractivity contribution in [1.29, 1.82) is 0 Å². The molecule has 0 fully saturated rings. The number of benzene rings is 2. The number of nitrogens with zero attached hydrogens (tertiary/aromatic N) is 1. The molecule has 1 N–H and O–H groups in total. The van der Waals surface area contributed by atoms with Gasteiger partial charge in [-0.15, -0.1) is 0 Å². The molecule has 138 valence electrons. The third-order valence-electron chi connectivity index (χ3n) is 4.08. The molecular weight excluding hydrogens is 339 g/mol. The van der Waals surface area contributed by atoms with Gasteiger partial charge in [0.1, 0.15) is 5.82 Å². The highest BCUT2D eigenvalue weighted by molar-refractivity contribution is 5.80. The van der Waals surface area contributed by atoms with Gasteiger partial charge < -0.3 is 10.1 Å². The van der Waals surface area contributed by atoms with Crippen LogP contribution in [0.5, 0.6) is 5.75 Å². The number of ether oxygens (including phenoxy) is 1. The Morgan fingerprint density at radius 1 is 1.27 bits per heavy atom. The second-order valence-corrected chi connectivity index (χ2v) is 5.89. The first-order chi connectivity index (χ1) is 12.4. The summed E-state index contributed by atoms with van der Waals surface area (Å²) < 4.78 is 18.7. The molecule has 2 atom stereocenters. The Bertz CT molecular complexity index is 767. The van der Waals surface area contributed by atoms with Gasteiger partial charge >= 0.3 is 5.69 Å². The van der Waals surface area contributed by atoms with Crippen LogP contribution in [-0.4, -0.2) is 23.5 Å². The van der Waals surface area contributed by atoms with E-state index in [4.69, 9.17) is 4.74 Å². The summed E-state index contributed by atoms with van der Waals surface area (Å²) in [6.45, 7) is 3.91. The summed E-state index contributed by atoms with van der Waals surface area (Å²) >= 11 is 0. The smallest absolute Gasteiger partial charge is 0.311 e. The van der Waals surface area contributed by atoms with Gasteiger partial charge in [-0.1, -0.05) is 37.3 Å². The molecule has 0 saturated heterocycles. The Hall–Kier alpha value is -2.96. The van der Waals surface area contributed by atoms with Crippen molar-refractivity contribution in [2.45, 2.75) is 32.3 Å². The van der Waals surface area contributed by atoms with Gasteiger partial charge in [0.15, 0.2) is 6.10 Å². The lowest BCUT2D eigenvalue weighted by Crippen LogP contribution is -2.38. The average molecular weight is 360 g/mol. The van der Waals surface area contributed by atoms with Crippen molar-refractivity contribution in [2.24, 2.45) is 0 Å². The van der Waals surface area contributed by atoms with Crippen LogP contribution in [0.4, 0.5) is 10.1 Å². The zero-order chi connectivity index (χ0) is 19.1. The standard InChI is InChI=1S/C19H21FN2O4/c1-3-14(15-7-5-4-6-8-15)12-21-19(23)13(2)26-18-11-16(20)9-10-17(18)22(24)25/h4-11,13-14H,3,12H2,1-2H3,(H,21,23)/t13-,14+/m0/s1. The van der Waals surface area contributed by atoms with E-state index in [0.29, 0.717) is 6.54 Å². The van der Waals surface area contributed by atoms with Crippen LogP contribution in [0.1, 0.15) is 31.7 Å². The maximum absolute atomic E-state index is 13.3. The lowest BCUT2D eigenvalue weighted by atomic mass is 9.96. The predicted octanol–water partition coefficient (Wildman–Crippen LogP) is 3.81. The van der Waals surface area contributed by atoms with E-state index in [-0.39, 0.29) is 17.4 Å². The number of carbonyl (C=O) groups is 1. The average Bonchev–Trinajstić information content (AvgIpc) is 2.62. The maximum atomic E-state index is 13.3. The lowest BCUT2D eigenvalue weighted by Gasteiger charge is -2.19. The number of halogens is 1. The van der Waals surface area contributed by atoms with Crippen molar-refractivity contribution in [2.75, 3.05) is 6.54 Å². The Kier molecular flexibility index (Phi) is 6.66. The van der Waals surface area contributed by atoms with Crippen LogP contribution >= 0.6 is 0 Å². The fourth-order valence-electron chi connectivity index (χ4n) is 2.57. The van der Waals surface area contributed by atoms with Gasteiger partial charge in [0, 0.05) is 24.6 Å². The van der Waals surface area contributed by atoms with Crippen LogP contribution in [0.2, 0.25) is 0 Å². The summed E-state index contributed by atoms with van der Waals surface area (Å²) in [5.74, 6) is -1.21. The quantitative estimate of drug-likeness (QED) is 0.573. The lowest BCUT2D eigenvalue weighted by molar-refractivity contribution is -0.386. The molecule has 0 spiro atoms. The normalized spacial score (nSPS) is 12.9. The Labute approximate surface area is 151 Å². The number of nitro groups is 1. The van der Waals surface area contributed by atoms with Crippen molar-refractivity contribution >= 4 is 11.6 Å². The second-order valence-electron chi connectivity index (χ2n) is 5.89. The Morgan fingerprint density at radius 2 is 1.96 bits per heavy atom. The zero-order valence-corrected chi connectivity index (χ0v) is 14.6. The van der Waals surface area contributed by atoms with Crippen LogP contribution in [0.15, 0.2) is 48.5 Å². The molecule has 7 heteroatoms. The van der Waals surface area contributed by atoms with Crippen LogP contribution in [0.25, 0.3) is 0 Å². The number of nitrogens with one attached hydrogen (secondary N) is 1. The van der Waals surface area contributed by atoms with Gasteiger partial charge in [-0.05, 0) is 25.0 Å². The molecule has 2 aromatic rings. The molecule has 0 saturated carbocycles.